The molecule has 6 heterocycles. The number of likely N-dealkylation sites (tertiary alicyclic amines) is 4. The molecule has 0 radical (unpaired) electrons. The number of hydrogen-bond acceptors (Lipinski definition) is 14. The van der Waals surface area contributed by atoms with Crippen molar-refractivity contribution in [3.63, 3.8) is 0 Å². The molecule has 18 rings (SSSR count). The molecule has 2 aromatic heterocycles. The minimum Gasteiger partial charge on any atom is -0.383 e. The topological polar surface area (TPSA) is 210 Å². The van der Waals surface area contributed by atoms with Gasteiger partial charge >= 0.3 is 0 Å². The minimum absolute atomic E-state index is 0.00963. The highest BCUT2D eigenvalue weighted by Gasteiger charge is 2.63. The van der Waals surface area contributed by atoms with Crippen LogP contribution in [0.15, 0.2) is 170 Å². The van der Waals surface area contributed by atoms with Crippen LogP contribution in [0, 0.1) is 50.4 Å². The Kier molecular flexibility index (Phi) is 20.9. The molecule has 4 aliphatic heterocycles. The minimum atomic E-state index is -1.01. The highest BCUT2D eigenvalue weighted by Crippen LogP contribution is 2.60. The maximum Gasteiger partial charge on any atom is 0.204 e. The Morgan fingerprint density at radius 1 is 0.444 bits per heavy atom. The molecule has 2 unspecified atom stereocenters. The Balaban J connectivity index is 0.000000126. The standard InChI is InChI=1S/C22H25N5O.C22H25N5.C22H24N2O.C22H24N2.2CH3F/c1-14-7-8-15-13-19-22(28,21(2,18(15)11-14)9-10-27(19)3)17-6-4-5-16(12-17)20-23-25-26-24-20;1-14-7-8-15-13-19-20(22(2,18(15)11-14)9-10-27(19)3)16-5-4-6-17(12-16)21-23-25-26-24-21;1-15-7-8-17-13-20-22(25,18-6-4-5-16(12-18)14-23)21(2,19(17)11-15)9-10-24(20)3;1-15-7-8-17-13-20-21(18-6-4-5-16(12-18)14-23)22(2,19(17)11-15)9-10-24(20)3;2*1-2/h4-8,11-12,19,28H,9-10,13H2,1-3H3,(H,23,24,25,26);4-8,11-12,19-20H,9-10,13H2,1-3H3,(H,23,24,25,26);4-8,11-12,20,25H,9-10,13H2,1-3H3;4-8,11-12,20-21H,9-10,13H2,1-3H3;2*1H3/t19-,21-,22?;19-,20+,22-;20-,21-,22?;20-,21+,22-;;/m1111../s1/i;;;;2*1D. The Labute approximate surface area is 639 Å². The number of alkyl halides is 2. The first-order chi connectivity index (χ1) is 52.7. The maximum atomic E-state index is 12.4. The number of nitrogens with one attached hydrogen (secondary N) is 2. The molecule has 4 fully saturated rings. The number of rotatable bonds is 6. The molecular weight excluding hydrogens is 1350 g/mol. The van der Waals surface area contributed by atoms with Gasteiger partial charge in [-0.3, -0.25) is 18.6 Å². The van der Waals surface area contributed by atoms with Gasteiger partial charge in [0, 0.05) is 68.8 Å². The number of hydrogen-bond donors (Lipinski definition) is 4. The third kappa shape index (κ3) is 13.2. The summed E-state index contributed by atoms with van der Waals surface area (Å²) in [6.45, 7) is 22.2. The van der Waals surface area contributed by atoms with Crippen LogP contribution in [-0.4, -0.2) is 164 Å². The zero-order valence-electron chi connectivity index (χ0n) is 66.5. The zero-order valence-corrected chi connectivity index (χ0v) is 64.5. The number of fused-ring (bicyclic) bond motifs is 16. The van der Waals surface area contributed by atoms with Gasteiger partial charge in [-0.1, -0.05) is 183 Å². The summed E-state index contributed by atoms with van der Waals surface area (Å²) in [5.41, 5.74) is 21.8. The molecule has 16 nitrogen and oxygen atoms in total. The number of benzene rings is 8. The summed E-state index contributed by atoms with van der Waals surface area (Å²) in [4.78, 5) is 9.67. The van der Waals surface area contributed by atoms with E-state index in [4.69, 9.17) is 2.74 Å². The van der Waals surface area contributed by atoms with E-state index in [0.717, 1.165) is 98.9 Å². The van der Waals surface area contributed by atoms with E-state index < -0.39 is 25.5 Å². The lowest BCUT2D eigenvalue weighted by Crippen LogP contribution is -2.67. The SMILES string of the molecule is Cc1ccc2c(c1)[C@@]1(C)CCN(C)[C@H](C2)C1(O)c1cccc(-c2nn[nH]n2)c1.Cc1ccc2c(c1)[C@@]1(C)CCN(C)[C@H](C2)C1(O)c1cccc(C#N)c1.Cc1ccc2c(c1)[C@@]1(C)CCN(C)[C@H](C2)[C@@H]1c1cccc(-c2nn[nH]n2)c1.Cc1ccc2c(c1)[C@@]1(C)CCN(C)[C@H](C2)[C@@H]1c1cccc(C#N)c1.[2H]CF.[2H]CF. The molecule has 4 saturated heterocycles. The number of aliphatic hydroxyl groups is 2. The van der Waals surface area contributed by atoms with Gasteiger partial charge in [0.15, 0.2) is 0 Å². The maximum absolute atomic E-state index is 12.4. The number of H-pyrrole nitrogens is 2. The summed E-state index contributed by atoms with van der Waals surface area (Å²) in [5.74, 6) is 2.10. The number of aromatic nitrogens is 8. The van der Waals surface area contributed by atoms with Crippen LogP contribution in [0.3, 0.4) is 0 Å². The molecule has 0 saturated carbocycles. The summed E-state index contributed by atoms with van der Waals surface area (Å²) in [6, 6.07) is 65.4. The molecule has 12 atom stereocenters. The number of nitrogens with zero attached hydrogens (tertiary/aromatic N) is 12. The average Bonchev–Trinajstić information content (AvgIpc) is 0.731. The van der Waals surface area contributed by atoms with Gasteiger partial charge in [0.1, 0.15) is 11.2 Å². The Morgan fingerprint density at radius 3 is 1.23 bits per heavy atom. The van der Waals surface area contributed by atoms with Crippen molar-refractivity contribution in [1.82, 2.24) is 60.8 Å². The van der Waals surface area contributed by atoms with Gasteiger partial charge in [-0.15, -0.1) is 20.4 Å². The quantitative estimate of drug-likeness (QED) is 0.122. The molecule has 560 valence electrons. The van der Waals surface area contributed by atoms with E-state index >= 15 is 0 Å². The molecule has 10 aromatic rings. The first-order valence-corrected chi connectivity index (χ1v) is 37.8. The highest BCUT2D eigenvalue weighted by atomic mass is 19.1. The summed E-state index contributed by atoms with van der Waals surface area (Å²) >= 11 is 0. The van der Waals surface area contributed by atoms with Crippen molar-refractivity contribution in [2.24, 2.45) is 0 Å². The zero-order chi connectivity index (χ0) is 78.2. The van der Waals surface area contributed by atoms with Crippen molar-refractivity contribution in [2.75, 3.05) is 68.7 Å². The molecule has 4 N–H and O–H groups in total. The van der Waals surface area contributed by atoms with E-state index in [1.165, 1.54) is 78.7 Å². The number of nitriles is 2. The van der Waals surface area contributed by atoms with Crippen LogP contribution in [-0.2, 0) is 58.5 Å². The molecule has 4 aliphatic carbocycles. The molecule has 8 aliphatic rings. The van der Waals surface area contributed by atoms with Crippen LogP contribution in [0.1, 0.15) is 168 Å². The predicted octanol–water partition coefficient (Wildman–Crippen LogP) is 14.7. The molecule has 8 aromatic carbocycles. The van der Waals surface area contributed by atoms with E-state index in [9.17, 15) is 29.5 Å². The fourth-order valence-corrected chi connectivity index (χ4v) is 20.7. The lowest BCUT2D eigenvalue weighted by atomic mass is 9.53. The second kappa shape index (κ2) is 30.5. The number of tetrazole rings is 2. The van der Waals surface area contributed by atoms with Crippen molar-refractivity contribution in [1.29, 1.82) is 10.5 Å². The van der Waals surface area contributed by atoms with Crippen LogP contribution in [0.25, 0.3) is 22.8 Å². The van der Waals surface area contributed by atoms with Gasteiger partial charge in [-0.25, -0.2) is 0 Å². The Bertz CT molecular complexity index is 5030. The van der Waals surface area contributed by atoms with Crippen molar-refractivity contribution in [3.8, 4) is 34.9 Å². The molecule has 8 bridgehead atoms. The van der Waals surface area contributed by atoms with Crippen molar-refractivity contribution < 1.29 is 21.7 Å². The van der Waals surface area contributed by atoms with Gasteiger partial charge in [-0.2, -0.15) is 21.0 Å². The van der Waals surface area contributed by atoms with Gasteiger partial charge in [0.2, 0.25) is 11.6 Å². The van der Waals surface area contributed by atoms with E-state index in [0.29, 0.717) is 41.1 Å². The molecule has 108 heavy (non-hydrogen) atoms. The van der Waals surface area contributed by atoms with Crippen molar-refractivity contribution >= 4 is 0 Å². The van der Waals surface area contributed by atoms with E-state index in [-0.39, 0.29) is 33.7 Å². The second-order valence-electron chi connectivity index (χ2n) is 32.6. The van der Waals surface area contributed by atoms with E-state index in [1.54, 1.807) is 11.6 Å². The smallest absolute Gasteiger partial charge is 0.204 e. The number of aryl methyl sites for hydroxylation is 4. The fraction of sp³-hybridized carbons (Fsp3) is 0.422. The third-order valence-corrected chi connectivity index (χ3v) is 26.6. The average molecular weight is 1450 g/mol. The summed E-state index contributed by atoms with van der Waals surface area (Å²) in [6.07, 6.45) is 8.01. The largest absolute Gasteiger partial charge is 0.383 e. The van der Waals surface area contributed by atoms with Crippen molar-refractivity contribution in [3.05, 3.63) is 270 Å². The normalized spacial score (nSPS) is 28.5. The van der Waals surface area contributed by atoms with Gasteiger partial charge in [0.05, 0.1) is 40.3 Å². The lowest BCUT2D eigenvalue weighted by molar-refractivity contribution is -0.141. The lowest BCUT2D eigenvalue weighted by Gasteiger charge is -2.60. The molecule has 18 heteroatoms. The number of likely N-dealkylation sites (N-methyl/N-ethyl adjacent to an activating group) is 4. The van der Waals surface area contributed by atoms with Crippen molar-refractivity contribution in [2.45, 2.75) is 176 Å². The molecular formula is C90H104F2N14O2. The first-order valence-electron chi connectivity index (χ1n) is 39.2. The Morgan fingerprint density at radius 2 is 0.806 bits per heavy atom. The first kappa shape index (κ1) is 74.0. The summed E-state index contributed by atoms with van der Waals surface area (Å²) in [7, 11) is 6.75. The highest BCUT2D eigenvalue weighted by molar-refractivity contribution is 5.60. The summed E-state index contributed by atoms with van der Waals surface area (Å²) < 4.78 is 31.0. The monoisotopic (exact) mass is 1450 g/mol. The number of halogens is 2. The van der Waals surface area contributed by atoms with Crippen LogP contribution >= 0.6 is 0 Å². The van der Waals surface area contributed by atoms with Gasteiger partial charge in [0.25, 0.3) is 0 Å². The van der Waals surface area contributed by atoms with Crippen LogP contribution < -0.4 is 0 Å². The van der Waals surface area contributed by atoms with Crippen LogP contribution in [0.4, 0.5) is 8.78 Å². The van der Waals surface area contributed by atoms with Crippen LogP contribution in [0.2, 0.25) is 0 Å². The predicted molar refractivity (Wildman–Crippen MR) is 422 cm³/mol. The van der Waals surface area contributed by atoms with Gasteiger partial charge < -0.3 is 20.0 Å². The Hall–Kier alpha value is -9.50. The molecule has 0 spiro atoms. The second-order valence-corrected chi connectivity index (χ2v) is 32.6. The van der Waals surface area contributed by atoms with E-state index in [1.807, 2.05) is 54.6 Å². The van der Waals surface area contributed by atoms with Gasteiger partial charge in [-0.05, 0) is 247 Å². The number of piperidine rings is 4. The van der Waals surface area contributed by atoms with Crippen LogP contribution in [0.5, 0.6) is 0 Å². The molecule has 0 amide bonds. The third-order valence-electron chi connectivity index (χ3n) is 26.6. The van der Waals surface area contributed by atoms with E-state index in [2.05, 4.69) is 266 Å². The fourth-order valence-electron chi connectivity index (χ4n) is 20.7. The summed E-state index contributed by atoms with van der Waals surface area (Å²) in [5, 5.41) is 72.2. The number of aromatic amines is 2.